The van der Waals surface area contributed by atoms with Crippen molar-refractivity contribution in [3.05, 3.63) is 30.1 Å². The number of nitrogens with one attached hydrogen (secondary N) is 1. The predicted octanol–water partition coefficient (Wildman–Crippen LogP) is 5.11. The van der Waals surface area contributed by atoms with Gasteiger partial charge in [-0.3, -0.25) is 4.98 Å². The molecule has 0 bridgehead atoms. The molecule has 0 aliphatic heterocycles. The summed E-state index contributed by atoms with van der Waals surface area (Å²) in [6.45, 7) is 7.92. The summed E-state index contributed by atoms with van der Waals surface area (Å²) >= 11 is 1.52. The van der Waals surface area contributed by atoms with Gasteiger partial charge in [0, 0.05) is 17.7 Å². The fourth-order valence-corrected chi connectivity index (χ4v) is 3.49. The number of hydrogen-bond acceptors (Lipinski definition) is 6. The average Bonchev–Trinajstić information content (AvgIpc) is 2.65. The smallest absolute Gasteiger partial charge is 0.408 e. The lowest BCUT2D eigenvalue weighted by Gasteiger charge is -2.23. The number of aromatic nitrogens is 1. The maximum absolute atomic E-state index is 12.5. The molecule has 1 rings (SSSR count). The molecule has 0 aliphatic carbocycles. The highest BCUT2D eigenvalue weighted by Gasteiger charge is 2.25. The van der Waals surface area contributed by atoms with Crippen molar-refractivity contribution in [1.82, 2.24) is 10.3 Å². The molecular formula is C22H36N2O4S. The molecule has 164 valence electrons. The van der Waals surface area contributed by atoms with Crippen LogP contribution in [0.15, 0.2) is 24.4 Å². The van der Waals surface area contributed by atoms with Gasteiger partial charge in [0.1, 0.15) is 11.6 Å². The van der Waals surface area contributed by atoms with Gasteiger partial charge in [0.25, 0.3) is 0 Å². The molecule has 0 saturated heterocycles. The molecular weight excluding hydrogens is 388 g/mol. The van der Waals surface area contributed by atoms with Gasteiger partial charge in [-0.2, -0.15) is 11.8 Å². The third kappa shape index (κ3) is 13.2. The fourth-order valence-electron chi connectivity index (χ4n) is 2.54. The van der Waals surface area contributed by atoms with Gasteiger partial charge in [0.15, 0.2) is 0 Å². The Bertz CT molecular complexity index is 590. The highest BCUT2D eigenvalue weighted by atomic mass is 32.2. The zero-order valence-corrected chi connectivity index (χ0v) is 19.1. The van der Waals surface area contributed by atoms with Crippen molar-refractivity contribution in [3.8, 4) is 0 Å². The molecule has 0 unspecified atom stereocenters. The van der Waals surface area contributed by atoms with E-state index in [2.05, 4.69) is 17.2 Å². The topological polar surface area (TPSA) is 77.5 Å². The van der Waals surface area contributed by atoms with E-state index in [9.17, 15) is 9.59 Å². The summed E-state index contributed by atoms with van der Waals surface area (Å²) in [7, 11) is 0. The average molecular weight is 425 g/mol. The van der Waals surface area contributed by atoms with Crippen molar-refractivity contribution < 1.29 is 19.1 Å². The second-order valence-electron chi connectivity index (χ2n) is 7.97. The monoisotopic (exact) mass is 424 g/mol. The molecule has 1 aromatic rings. The molecule has 1 N–H and O–H groups in total. The third-order valence-electron chi connectivity index (χ3n) is 3.98. The minimum absolute atomic E-state index is 0.377. The second-order valence-corrected chi connectivity index (χ2v) is 9.00. The summed E-state index contributed by atoms with van der Waals surface area (Å²) in [4.78, 5) is 28.9. The van der Waals surface area contributed by atoms with Crippen LogP contribution in [0.25, 0.3) is 0 Å². The lowest BCUT2D eigenvalue weighted by molar-refractivity contribution is -0.145. The summed E-state index contributed by atoms with van der Waals surface area (Å²) in [5.74, 6) is 0.626. The number of esters is 1. The highest BCUT2D eigenvalue weighted by Crippen LogP contribution is 2.13. The number of amides is 1. The van der Waals surface area contributed by atoms with Gasteiger partial charge in [-0.15, -0.1) is 0 Å². The van der Waals surface area contributed by atoms with Gasteiger partial charge in [0.2, 0.25) is 0 Å². The van der Waals surface area contributed by atoms with E-state index in [4.69, 9.17) is 9.47 Å². The normalized spacial score (nSPS) is 12.3. The van der Waals surface area contributed by atoms with E-state index >= 15 is 0 Å². The molecule has 0 aliphatic rings. The van der Waals surface area contributed by atoms with Crippen LogP contribution in [0.2, 0.25) is 0 Å². The van der Waals surface area contributed by atoms with Crippen LogP contribution in [-0.4, -0.2) is 41.0 Å². The maximum atomic E-state index is 12.5. The first kappa shape index (κ1) is 25.3. The van der Waals surface area contributed by atoms with Crippen LogP contribution in [0.5, 0.6) is 0 Å². The minimum atomic E-state index is -0.751. The Kier molecular flexibility index (Phi) is 12.4. The maximum Gasteiger partial charge on any atom is 0.408 e. The van der Waals surface area contributed by atoms with Crippen LogP contribution in [0.3, 0.4) is 0 Å². The number of nitrogens with zero attached hydrogens (tertiary/aromatic N) is 1. The van der Waals surface area contributed by atoms with Crippen molar-refractivity contribution in [2.24, 2.45) is 0 Å². The van der Waals surface area contributed by atoms with Crippen molar-refractivity contribution in [1.29, 1.82) is 0 Å². The third-order valence-corrected chi connectivity index (χ3v) is 5.05. The van der Waals surface area contributed by atoms with Crippen molar-refractivity contribution >= 4 is 23.8 Å². The zero-order valence-electron chi connectivity index (χ0n) is 18.2. The first-order valence-electron chi connectivity index (χ1n) is 10.5. The molecule has 1 amide bonds. The van der Waals surface area contributed by atoms with Gasteiger partial charge in [-0.25, -0.2) is 9.59 Å². The van der Waals surface area contributed by atoms with Crippen LogP contribution in [-0.2, 0) is 20.0 Å². The van der Waals surface area contributed by atoms with Gasteiger partial charge in [0.05, 0.1) is 12.3 Å². The van der Waals surface area contributed by atoms with Crippen molar-refractivity contribution in [3.63, 3.8) is 0 Å². The number of unbranched alkanes of at least 4 members (excludes halogenated alkanes) is 5. The van der Waals surface area contributed by atoms with Crippen LogP contribution in [0.1, 0.15) is 71.9 Å². The van der Waals surface area contributed by atoms with Crippen LogP contribution >= 0.6 is 11.8 Å². The summed E-state index contributed by atoms with van der Waals surface area (Å²) in [6.07, 6.45) is 7.85. The standard InChI is InChI=1S/C22H36N2O4S/c1-5-6-7-8-9-12-15-27-20(25)19(24-21(26)28-22(2,3)4)17-29-16-18-13-10-11-14-23-18/h10-11,13-14,19H,5-9,12,15-17H2,1-4H3,(H,24,26)/t19-/m0/s1. The Morgan fingerprint density at radius 1 is 1.14 bits per heavy atom. The number of rotatable bonds is 13. The number of hydrogen-bond donors (Lipinski definition) is 1. The Morgan fingerprint density at radius 2 is 1.86 bits per heavy atom. The van der Waals surface area contributed by atoms with Crippen LogP contribution in [0, 0.1) is 0 Å². The quantitative estimate of drug-likeness (QED) is 0.350. The number of carbonyl (C=O) groups excluding carboxylic acids is 2. The second kappa shape index (κ2) is 14.3. The van der Waals surface area contributed by atoms with E-state index < -0.39 is 23.7 Å². The SMILES string of the molecule is CCCCCCCCOC(=O)[C@H](CSCc1ccccn1)NC(=O)OC(C)(C)C. The van der Waals surface area contributed by atoms with E-state index in [0.29, 0.717) is 18.1 Å². The molecule has 7 heteroatoms. The molecule has 0 spiro atoms. The largest absolute Gasteiger partial charge is 0.464 e. The summed E-state index contributed by atoms with van der Waals surface area (Å²) in [5, 5.41) is 2.65. The number of pyridine rings is 1. The first-order valence-corrected chi connectivity index (χ1v) is 11.6. The van der Waals surface area contributed by atoms with Crippen molar-refractivity contribution in [2.45, 2.75) is 83.6 Å². The molecule has 1 atom stereocenters. The van der Waals surface area contributed by atoms with E-state index in [1.165, 1.54) is 31.0 Å². The lowest BCUT2D eigenvalue weighted by atomic mass is 10.1. The Morgan fingerprint density at radius 3 is 2.52 bits per heavy atom. The van der Waals surface area contributed by atoms with Gasteiger partial charge in [-0.1, -0.05) is 45.1 Å². The summed E-state index contributed by atoms with van der Waals surface area (Å²) in [5.41, 5.74) is 0.298. The Labute approximate surface area is 179 Å². The fraction of sp³-hybridized carbons (Fsp3) is 0.682. The molecule has 1 aromatic heterocycles. The number of ether oxygens (including phenoxy) is 2. The Balaban J connectivity index is 2.47. The molecule has 0 radical (unpaired) electrons. The molecule has 6 nitrogen and oxygen atoms in total. The number of thioether (sulfide) groups is 1. The van der Waals surface area contributed by atoms with E-state index in [1.54, 1.807) is 27.0 Å². The molecule has 0 fully saturated rings. The Hall–Kier alpha value is -1.76. The van der Waals surface area contributed by atoms with E-state index in [0.717, 1.165) is 25.0 Å². The van der Waals surface area contributed by atoms with Gasteiger partial charge >= 0.3 is 12.1 Å². The van der Waals surface area contributed by atoms with E-state index in [1.807, 2.05) is 18.2 Å². The van der Waals surface area contributed by atoms with Crippen LogP contribution in [0.4, 0.5) is 4.79 Å². The molecule has 0 aromatic carbocycles. The van der Waals surface area contributed by atoms with Gasteiger partial charge in [-0.05, 0) is 39.3 Å². The predicted molar refractivity (Wildman–Crippen MR) is 118 cm³/mol. The molecule has 1 heterocycles. The highest BCUT2D eigenvalue weighted by molar-refractivity contribution is 7.98. The summed E-state index contributed by atoms with van der Waals surface area (Å²) in [6, 6.07) is 4.97. The van der Waals surface area contributed by atoms with E-state index in [-0.39, 0.29) is 0 Å². The number of alkyl carbamates (subject to hydrolysis) is 1. The first-order chi connectivity index (χ1) is 13.8. The minimum Gasteiger partial charge on any atom is -0.464 e. The molecule has 0 saturated carbocycles. The lowest BCUT2D eigenvalue weighted by Crippen LogP contribution is -2.45. The van der Waals surface area contributed by atoms with Crippen LogP contribution < -0.4 is 5.32 Å². The number of carbonyl (C=O) groups is 2. The summed E-state index contributed by atoms with van der Waals surface area (Å²) < 4.78 is 10.7. The van der Waals surface area contributed by atoms with Gasteiger partial charge < -0.3 is 14.8 Å². The molecule has 29 heavy (non-hydrogen) atoms. The van der Waals surface area contributed by atoms with Crippen molar-refractivity contribution in [2.75, 3.05) is 12.4 Å². The zero-order chi connectivity index (χ0) is 21.5.